The van der Waals surface area contributed by atoms with Crippen molar-refractivity contribution in [2.45, 2.75) is 33.7 Å². The maximum Gasteiger partial charge on any atom is 0.326 e. The summed E-state index contributed by atoms with van der Waals surface area (Å²) in [6.07, 6.45) is 1.85. The molecule has 0 bridgehead atoms. The van der Waals surface area contributed by atoms with Gasteiger partial charge in [-0.2, -0.15) is 0 Å². The molecule has 0 spiro atoms. The van der Waals surface area contributed by atoms with Gasteiger partial charge in [0, 0.05) is 10.7 Å². The van der Waals surface area contributed by atoms with Gasteiger partial charge in [0.25, 0.3) is 0 Å². The molecular formula is C15H20ClN3O2. The molecule has 1 unspecified atom stereocenters. The Kier molecular flexibility index (Phi) is 4.44. The molecule has 2 amide bonds. The van der Waals surface area contributed by atoms with Gasteiger partial charge in [0.1, 0.15) is 0 Å². The minimum Gasteiger partial charge on any atom is -0.390 e. The van der Waals surface area contributed by atoms with Crippen LogP contribution in [0.5, 0.6) is 0 Å². The van der Waals surface area contributed by atoms with Crippen molar-refractivity contribution in [2.24, 2.45) is 5.41 Å². The lowest BCUT2D eigenvalue weighted by Crippen LogP contribution is -2.34. The zero-order chi connectivity index (χ0) is 15.6. The van der Waals surface area contributed by atoms with E-state index in [4.69, 9.17) is 16.4 Å². The molecule has 1 aliphatic rings. The van der Waals surface area contributed by atoms with Crippen LogP contribution in [0.4, 0.5) is 10.5 Å². The van der Waals surface area contributed by atoms with Gasteiger partial charge in [-0.1, -0.05) is 38.4 Å². The van der Waals surface area contributed by atoms with E-state index in [1.807, 2.05) is 13.0 Å². The Morgan fingerprint density at radius 3 is 2.67 bits per heavy atom. The van der Waals surface area contributed by atoms with Crippen molar-refractivity contribution in [3.05, 3.63) is 40.7 Å². The van der Waals surface area contributed by atoms with Gasteiger partial charge in [-0.3, -0.25) is 5.32 Å². The Hall–Kier alpha value is -1.72. The number of benzene rings is 1. The molecule has 1 aromatic rings. The van der Waals surface area contributed by atoms with E-state index in [1.54, 1.807) is 18.2 Å². The third-order valence-corrected chi connectivity index (χ3v) is 3.71. The van der Waals surface area contributed by atoms with E-state index >= 15 is 0 Å². The maximum atomic E-state index is 12.0. The second kappa shape index (κ2) is 5.95. The van der Waals surface area contributed by atoms with Crippen molar-refractivity contribution in [1.82, 2.24) is 10.8 Å². The van der Waals surface area contributed by atoms with E-state index in [9.17, 15) is 4.79 Å². The predicted molar refractivity (Wildman–Crippen MR) is 83.9 cm³/mol. The summed E-state index contributed by atoms with van der Waals surface area (Å²) in [4.78, 5) is 17.2. The quantitative estimate of drug-likeness (QED) is 0.782. The highest BCUT2D eigenvalue weighted by Crippen LogP contribution is 2.25. The summed E-state index contributed by atoms with van der Waals surface area (Å²) >= 11 is 6.02. The number of hydroxylamine groups is 1. The van der Waals surface area contributed by atoms with Crippen LogP contribution in [0.1, 0.15) is 26.3 Å². The molecule has 1 heterocycles. The molecule has 0 aromatic heterocycles. The lowest BCUT2D eigenvalue weighted by molar-refractivity contribution is 0.0772. The van der Waals surface area contributed by atoms with Crippen molar-refractivity contribution in [3.63, 3.8) is 0 Å². The molecule has 1 aromatic carbocycles. The molecule has 5 nitrogen and oxygen atoms in total. The fraction of sp³-hybridized carbons (Fsp3) is 0.400. The van der Waals surface area contributed by atoms with Gasteiger partial charge in [-0.25, -0.2) is 4.79 Å². The van der Waals surface area contributed by atoms with Crippen LogP contribution < -0.4 is 16.1 Å². The van der Waals surface area contributed by atoms with Crippen LogP contribution in [0.15, 0.2) is 30.2 Å². The highest BCUT2D eigenvalue weighted by atomic mass is 35.5. The molecule has 21 heavy (non-hydrogen) atoms. The Balaban J connectivity index is 1.98. The number of nitrogens with one attached hydrogen (secondary N) is 3. The Labute approximate surface area is 129 Å². The average molecular weight is 310 g/mol. The molecular weight excluding hydrogens is 290 g/mol. The van der Waals surface area contributed by atoms with E-state index in [0.717, 1.165) is 5.56 Å². The van der Waals surface area contributed by atoms with Gasteiger partial charge in [0.15, 0.2) is 0 Å². The van der Waals surface area contributed by atoms with Gasteiger partial charge in [-0.05, 0) is 36.1 Å². The number of carbonyl (C=O) groups is 1. The molecule has 0 radical (unpaired) electrons. The highest BCUT2D eigenvalue weighted by Gasteiger charge is 2.29. The summed E-state index contributed by atoms with van der Waals surface area (Å²) in [6, 6.07) is 5.03. The first kappa shape index (κ1) is 15.7. The molecule has 1 aliphatic heterocycles. The van der Waals surface area contributed by atoms with Crippen LogP contribution in [-0.4, -0.2) is 12.1 Å². The van der Waals surface area contributed by atoms with Crippen LogP contribution in [0.25, 0.3) is 0 Å². The number of hydrogen-bond donors (Lipinski definition) is 3. The van der Waals surface area contributed by atoms with Crippen LogP contribution in [0.2, 0.25) is 5.02 Å². The van der Waals surface area contributed by atoms with Crippen LogP contribution in [0, 0.1) is 12.3 Å². The van der Waals surface area contributed by atoms with E-state index in [-0.39, 0.29) is 17.5 Å². The Morgan fingerprint density at radius 2 is 2.05 bits per heavy atom. The molecule has 0 fully saturated rings. The number of halogens is 1. The SMILES string of the molecule is Cc1c(Cl)cccc1NC(=O)NC1=CC(C(C)(C)C)NO1. The molecule has 6 heteroatoms. The molecule has 2 rings (SSSR count). The summed E-state index contributed by atoms with van der Waals surface area (Å²) in [6.45, 7) is 8.11. The second-order valence-corrected chi connectivity index (χ2v) is 6.49. The summed E-state index contributed by atoms with van der Waals surface area (Å²) in [5.41, 5.74) is 4.37. The number of carbonyl (C=O) groups excluding carboxylic acids is 1. The molecule has 3 N–H and O–H groups in total. The molecule has 1 atom stereocenters. The van der Waals surface area contributed by atoms with Crippen LogP contribution in [0.3, 0.4) is 0 Å². The second-order valence-electron chi connectivity index (χ2n) is 6.09. The predicted octanol–water partition coefficient (Wildman–Crippen LogP) is 3.56. The molecule has 114 valence electrons. The minimum atomic E-state index is -0.372. The van der Waals surface area contributed by atoms with Gasteiger partial charge in [-0.15, -0.1) is 5.48 Å². The van der Waals surface area contributed by atoms with E-state index in [2.05, 4.69) is 36.9 Å². The smallest absolute Gasteiger partial charge is 0.326 e. The first-order chi connectivity index (χ1) is 9.77. The van der Waals surface area contributed by atoms with Crippen molar-refractivity contribution < 1.29 is 9.63 Å². The minimum absolute atomic E-state index is 0.00342. The molecule has 0 saturated carbocycles. The summed E-state index contributed by atoms with van der Waals surface area (Å²) in [5, 5.41) is 6.02. The van der Waals surface area contributed by atoms with E-state index in [0.29, 0.717) is 16.6 Å². The zero-order valence-corrected chi connectivity index (χ0v) is 13.3. The average Bonchev–Trinajstić information content (AvgIpc) is 2.83. The third kappa shape index (κ3) is 3.89. The lowest BCUT2D eigenvalue weighted by atomic mass is 9.87. The number of hydrogen-bond acceptors (Lipinski definition) is 3. The number of rotatable bonds is 2. The summed E-state index contributed by atoms with van der Waals surface area (Å²) < 4.78 is 0. The molecule has 0 saturated heterocycles. The number of anilines is 1. The largest absolute Gasteiger partial charge is 0.390 e. The van der Waals surface area contributed by atoms with Gasteiger partial charge >= 0.3 is 6.03 Å². The van der Waals surface area contributed by atoms with Gasteiger partial charge in [0.2, 0.25) is 5.88 Å². The van der Waals surface area contributed by atoms with Crippen molar-refractivity contribution in [2.75, 3.05) is 5.32 Å². The van der Waals surface area contributed by atoms with Gasteiger partial charge < -0.3 is 10.2 Å². The fourth-order valence-corrected chi connectivity index (χ4v) is 2.02. The topological polar surface area (TPSA) is 62.4 Å². The normalized spacial score (nSPS) is 18.0. The fourth-order valence-electron chi connectivity index (χ4n) is 1.85. The van der Waals surface area contributed by atoms with E-state index in [1.165, 1.54) is 0 Å². The zero-order valence-electron chi connectivity index (χ0n) is 12.6. The highest BCUT2D eigenvalue weighted by molar-refractivity contribution is 6.31. The number of amides is 2. The van der Waals surface area contributed by atoms with Crippen molar-refractivity contribution in [1.29, 1.82) is 0 Å². The lowest BCUT2D eigenvalue weighted by Gasteiger charge is -2.23. The first-order valence-corrected chi connectivity index (χ1v) is 7.12. The monoisotopic (exact) mass is 309 g/mol. The van der Waals surface area contributed by atoms with Crippen LogP contribution in [-0.2, 0) is 4.84 Å². The Morgan fingerprint density at radius 1 is 1.33 bits per heavy atom. The standard InChI is InChI=1S/C15H20ClN3O2/c1-9-10(16)6-5-7-11(9)17-14(20)18-13-8-12(19-21-13)15(2,3)4/h5-8,12,19H,1-4H3,(H2,17,18,20). The summed E-state index contributed by atoms with van der Waals surface area (Å²) in [5.74, 6) is 0.395. The van der Waals surface area contributed by atoms with Crippen molar-refractivity contribution in [3.8, 4) is 0 Å². The third-order valence-electron chi connectivity index (χ3n) is 3.30. The number of urea groups is 1. The molecule has 0 aliphatic carbocycles. The van der Waals surface area contributed by atoms with E-state index < -0.39 is 0 Å². The Bertz CT molecular complexity index is 579. The van der Waals surface area contributed by atoms with Gasteiger partial charge in [0.05, 0.1) is 6.04 Å². The summed E-state index contributed by atoms with van der Waals surface area (Å²) in [7, 11) is 0. The van der Waals surface area contributed by atoms with Crippen LogP contribution >= 0.6 is 11.6 Å². The maximum absolute atomic E-state index is 12.0. The first-order valence-electron chi connectivity index (χ1n) is 6.74. The van der Waals surface area contributed by atoms with Crippen molar-refractivity contribution >= 4 is 23.3 Å².